The predicted octanol–water partition coefficient (Wildman–Crippen LogP) is 2.99. The van der Waals surface area contributed by atoms with Crippen LogP contribution in [0.1, 0.15) is 28.5 Å². The molecule has 2 aliphatic rings. The highest BCUT2D eigenvalue weighted by Crippen LogP contribution is 2.38. The number of nitrogens with zero attached hydrogens (tertiary/aromatic N) is 5. The molecule has 4 heterocycles. The lowest BCUT2D eigenvalue weighted by Crippen LogP contribution is -2.44. The second kappa shape index (κ2) is 10.1. The molecule has 4 atom stereocenters. The fraction of sp³-hybridized carbons (Fsp3) is 0.417. The average molecular weight is 533 g/mol. The van der Waals surface area contributed by atoms with E-state index in [-0.39, 0.29) is 37.6 Å². The largest absolute Gasteiger partial charge is 0.465 e. The number of anilines is 1. The van der Waals surface area contributed by atoms with E-state index in [1.165, 1.54) is 46.6 Å². The molecule has 0 aliphatic carbocycles. The van der Waals surface area contributed by atoms with Gasteiger partial charge in [-0.2, -0.15) is 0 Å². The Bertz CT molecular complexity index is 1340. The van der Waals surface area contributed by atoms with Crippen LogP contribution in [0.5, 0.6) is 0 Å². The molecule has 2 saturated heterocycles. The number of hydrogen-bond acceptors (Lipinski definition) is 7. The number of carboxylic acid groups (broad SMARTS) is 1. The van der Waals surface area contributed by atoms with Crippen LogP contribution in [0.2, 0.25) is 0 Å². The maximum Gasteiger partial charge on any atom is 0.407 e. The number of fused-ring (bicyclic) bond motifs is 1. The van der Waals surface area contributed by atoms with E-state index >= 15 is 0 Å². The molecular weight excluding hydrogens is 506 g/mol. The van der Waals surface area contributed by atoms with Crippen molar-refractivity contribution < 1.29 is 28.2 Å². The van der Waals surface area contributed by atoms with E-state index < -0.39 is 36.4 Å². The molecule has 2 aromatic heterocycles. The molecule has 0 bridgehead atoms. The topological polar surface area (TPSA) is 112 Å². The van der Waals surface area contributed by atoms with Crippen molar-refractivity contribution in [2.24, 2.45) is 0 Å². The fourth-order valence-corrected chi connectivity index (χ4v) is 5.45. The van der Waals surface area contributed by atoms with E-state index in [0.29, 0.717) is 17.0 Å². The van der Waals surface area contributed by atoms with Gasteiger partial charge in [0.1, 0.15) is 17.8 Å². The van der Waals surface area contributed by atoms with Crippen molar-refractivity contribution in [2.45, 2.75) is 35.7 Å². The van der Waals surface area contributed by atoms with Crippen LogP contribution < -0.4 is 10.2 Å². The summed E-state index contributed by atoms with van der Waals surface area (Å²) in [6.45, 7) is 0.312. The molecule has 5 rings (SSSR count). The molecule has 2 fully saturated rings. The summed E-state index contributed by atoms with van der Waals surface area (Å²) in [5.74, 6) is -0.455. The quantitative estimate of drug-likeness (QED) is 0.466. The van der Waals surface area contributed by atoms with E-state index in [9.17, 15) is 23.5 Å². The number of amides is 2. The lowest BCUT2D eigenvalue weighted by Gasteiger charge is -2.26. The molecule has 196 valence electrons. The average Bonchev–Trinajstić information content (AvgIpc) is 3.59. The van der Waals surface area contributed by atoms with Crippen LogP contribution in [-0.4, -0.2) is 87.9 Å². The Morgan fingerprint density at radius 3 is 2.76 bits per heavy atom. The van der Waals surface area contributed by atoms with Gasteiger partial charge in [0.05, 0.1) is 37.5 Å². The van der Waals surface area contributed by atoms with Crippen molar-refractivity contribution in [2.75, 3.05) is 37.9 Å². The smallest absolute Gasteiger partial charge is 0.407 e. The van der Waals surface area contributed by atoms with Gasteiger partial charge in [0.25, 0.3) is 5.91 Å². The number of alkyl halides is 1. The fourth-order valence-electron chi connectivity index (χ4n) is 4.97. The number of hydrogen-bond donors (Lipinski definition) is 2. The number of aromatic nitrogens is 3. The number of carbonyl (C=O) groups excluding carboxylic acids is 1. The Hall–Kier alpha value is -3.45. The molecule has 0 saturated carbocycles. The first-order chi connectivity index (χ1) is 17.8. The summed E-state index contributed by atoms with van der Waals surface area (Å²) in [7, 11) is 1.46. The Morgan fingerprint density at radius 2 is 2.03 bits per heavy atom. The van der Waals surface area contributed by atoms with Gasteiger partial charge in [0, 0.05) is 25.0 Å². The third-order valence-corrected chi connectivity index (χ3v) is 7.50. The summed E-state index contributed by atoms with van der Waals surface area (Å²) in [5, 5.41) is 16.7. The third-order valence-electron chi connectivity index (χ3n) is 6.80. The SMILES string of the molecule is CO[C@H]1CN(C(=O)O)C[C@@H]1NC(=O)c1cnc2ccc(N3C[C@@H](F)C[C@@H]3c3cc(F)cc(SC)c3)nn12. The van der Waals surface area contributed by atoms with Gasteiger partial charge in [0.15, 0.2) is 11.3 Å². The van der Waals surface area contributed by atoms with Crippen LogP contribution in [-0.2, 0) is 4.74 Å². The predicted molar refractivity (Wildman–Crippen MR) is 132 cm³/mol. The van der Waals surface area contributed by atoms with Gasteiger partial charge >= 0.3 is 6.09 Å². The zero-order chi connectivity index (χ0) is 26.3. The van der Waals surface area contributed by atoms with Gasteiger partial charge in [-0.1, -0.05) is 0 Å². The molecule has 37 heavy (non-hydrogen) atoms. The minimum Gasteiger partial charge on any atom is -0.465 e. The molecule has 2 aliphatic heterocycles. The van der Waals surface area contributed by atoms with Crippen LogP contribution in [0.4, 0.5) is 19.4 Å². The Balaban J connectivity index is 1.43. The molecule has 0 spiro atoms. The summed E-state index contributed by atoms with van der Waals surface area (Å²) in [6.07, 6.45) is 0.711. The summed E-state index contributed by atoms with van der Waals surface area (Å²) < 4.78 is 35.6. The first-order valence-corrected chi connectivity index (χ1v) is 12.9. The summed E-state index contributed by atoms with van der Waals surface area (Å²) in [6, 6.07) is 7.12. The Labute approximate surface area is 215 Å². The molecule has 0 radical (unpaired) electrons. The van der Waals surface area contributed by atoms with Crippen LogP contribution in [0.3, 0.4) is 0 Å². The molecule has 0 unspecified atom stereocenters. The van der Waals surface area contributed by atoms with Gasteiger partial charge in [-0.05, 0) is 42.2 Å². The molecule has 1 aromatic carbocycles. The van der Waals surface area contributed by atoms with Crippen LogP contribution in [0.25, 0.3) is 5.65 Å². The second-order valence-electron chi connectivity index (χ2n) is 9.07. The van der Waals surface area contributed by atoms with Crippen molar-refractivity contribution in [3.63, 3.8) is 0 Å². The number of carbonyl (C=O) groups is 2. The van der Waals surface area contributed by atoms with E-state index in [4.69, 9.17) is 4.74 Å². The van der Waals surface area contributed by atoms with Crippen LogP contribution >= 0.6 is 11.8 Å². The highest BCUT2D eigenvalue weighted by molar-refractivity contribution is 7.98. The van der Waals surface area contributed by atoms with Gasteiger partial charge in [-0.3, -0.25) is 4.79 Å². The summed E-state index contributed by atoms with van der Waals surface area (Å²) in [4.78, 5) is 32.4. The first-order valence-electron chi connectivity index (χ1n) is 11.7. The van der Waals surface area contributed by atoms with E-state index in [1.54, 1.807) is 17.0 Å². The van der Waals surface area contributed by atoms with E-state index in [1.807, 2.05) is 12.3 Å². The van der Waals surface area contributed by atoms with Crippen LogP contribution in [0, 0.1) is 5.82 Å². The number of likely N-dealkylation sites (tertiary alicyclic amines) is 1. The van der Waals surface area contributed by atoms with E-state index in [2.05, 4.69) is 15.4 Å². The number of nitrogens with one attached hydrogen (secondary N) is 1. The maximum absolute atomic E-state index is 14.6. The van der Waals surface area contributed by atoms with Crippen molar-refractivity contribution in [3.8, 4) is 0 Å². The lowest BCUT2D eigenvalue weighted by atomic mass is 10.0. The van der Waals surface area contributed by atoms with Gasteiger partial charge in [-0.15, -0.1) is 16.9 Å². The van der Waals surface area contributed by atoms with Gasteiger partial charge < -0.3 is 25.0 Å². The molecular formula is C24H26F2N6O4S. The summed E-state index contributed by atoms with van der Waals surface area (Å²) >= 11 is 1.41. The minimum absolute atomic E-state index is 0.0765. The Kier molecular flexibility index (Phi) is 6.90. The number of imidazole rings is 1. The highest BCUT2D eigenvalue weighted by atomic mass is 32.2. The number of halogens is 2. The Morgan fingerprint density at radius 1 is 1.22 bits per heavy atom. The third kappa shape index (κ3) is 4.92. The number of ether oxygens (including phenoxy) is 1. The molecule has 2 amide bonds. The van der Waals surface area contributed by atoms with Crippen molar-refractivity contribution in [1.82, 2.24) is 24.8 Å². The summed E-state index contributed by atoms with van der Waals surface area (Å²) in [5.41, 5.74) is 1.21. The second-order valence-corrected chi connectivity index (χ2v) is 9.95. The highest BCUT2D eigenvalue weighted by Gasteiger charge is 2.37. The number of methoxy groups -OCH3 is 1. The van der Waals surface area contributed by atoms with Gasteiger partial charge in [-0.25, -0.2) is 23.1 Å². The number of benzene rings is 1. The maximum atomic E-state index is 14.6. The first kappa shape index (κ1) is 25.2. The van der Waals surface area contributed by atoms with Crippen molar-refractivity contribution in [3.05, 3.63) is 53.6 Å². The normalized spacial score (nSPS) is 23.7. The number of rotatable bonds is 6. The van der Waals surface area contributed by atoms with Crippen molar-refractivity contribution in [1.29, 1.82) is 0 Å². The van der Waals surface area contributed by atoms with E-state index in [0.717, 1.165) is 4.90 Å². The lowest BCUT2D eigenvalue weighted by molar-refractivity contribution is 0.0755. The molecule has 13 heteroatoms. The minimum atomic E-state index is -1.13. The zero-order valence-corrected chi connectivity index (χ0v) is 21.0. The molecule has 3 aromatic rings. The van der Waals surface area contributed by atoms with Crippen LogP contribution in [0.15, 0.2) is 41.4 Å². The zero-order valence-electron chi connectivity index (χ0n) is 20.2. The molecule has 10 nitrogen and oxygen atoms in total. The number of thioether (sulfide) groups is 1. The molecule has 2 N–H and O–H groups in total. The van der Waals surface area contributed by atoms with Crippen molar-refractivity contribution >= 4 is 35.2 Å². The standard InChI is InChI=1S/C24H26F2N6O4S/c1-36-20-12-30(24(34)35)11-17(20)28-23(33)19-9-27-21-3-4-22(29-32(19)21)31-10-15(26)8-18(31)13-5-14(25)7-16(6-13)37-2/h3-7,9,15,17-18,20H,8,10-12H2,1-2H3,(H,28,33)(H,34,35)/t15-,17-,18+,20-/m0/s1. The monoisotopic (exact) mass is 532 g/mol. The van der Waals surface area contributed by atoms with Gasteiger partial charge in [0.2, 0.25) is 0 Å².